The fraction of sp³-hybridized carbons (Fsp3) is 0.400. The lowest BCUT2D eigenvalue weighted by Gasteiger charge is -2.23. The van der Waals surface area contributed by atoms with Crippen molar-refractivity contribution in [1.82, 2.24) is 14.8 Å². The molecule has 0 aromatic carbocycles. The lowest BCUT2D eigenvalue weighted by molar-refractivity contribution is -0.134. The van der Waals surface area contributed by atoms with Crippen LogP contribution in [-0.2, 0) is 14.3 Å². The smallest absolute Gasteiger partial charge is 0.330 e. The minimum Gasteiger partial charge on any atom is -0.466 e. The summed E-state index contributed by atoms with van der Waals surface area (Å²) in [5, 5.41) is 5.34. The van der Waals surface area contributed by atoms with Crippen LogP contribution < -0.4 is 0 Å². The lowest BCUT2D eigenvalue weighted by atomic mass is 10.2. The van der Waals surface area contributed by atoms with E-state index in [1.165, 1.54) is 13.2 Å². The van der Waals surface area contributed by atoms with Gasteiger partial charge in [-0.1, -0.05) is 0 Å². The molecule has 2 aromatic rings. The quantitative estimate of drug-likeness (QED) is 0.640. The molecule has 0 radical (unpaired) electrons. The van der Waals surface area contributed by atoms with Crippen LogP contribution in [0.5, 0.6) is 0 Å². The summed E-state index contributed by atoms with van der Waals surface area (Å²) in [6, 6.07) is 3.78. The maximum Gasteiger partial charge on any atom is 0.330 e. The zero-order chi connectivity index (χ0) is 14.7. The van der Waals surface area contributed by atoms with Crippen molar-refractivity contribution < 1.29 is 14.3 Å². The number of hydrogen-bond donors (Lipinski definition) is 0. The van der Waals surface area contributed by atoms with Crippen LogP contribution >= 0.6 is 0 Å². The molecule has 3 heterocycles. The Morgan fingerprint density at radius 1 is 1.48 bits per heavy atom. The second-order valence-electron chi connectivity index (χ2n) is 4.92. The Morgan fingerprint density at radius 2 is 2.38 bits per heavy atom. The second kappa shape index (κ2) is 6.05. The van der Waals surface area contributed by atoms with Crippen molar-refractivity contribution >= 4 is 23.1 Å². The highest BCUT2D eigenvalue weighted by Gasteiger charge is 2.19. The molecule has 1 saturated heterocycles. The van der Waals surface area contributed by atoms with Crippen LogP contribution in [0, 0.1) is 0 Å². The highest BCUT2D eigenvalue weighted by Crippen LogP contribution is 2.25. The van der Waals surface area contributed by atoms with Gasteiger partial charge < -0.3 is 9.47 Å². The van der Waals surface area contributed by atoms with Gasteiger partial charge in [-0.15, -0.1) is 0 Å². The van der Waals surface area contributed by atoms with Crippen LogP contribution in [0.1, 0.15) is 31.2 Å². The number of fused-ring (bicyclic) bond motifs is 1. The number of carbonyl (C=O) groups is 1. The average molecular weight is 287 g/mol. The number of nitrogens with zero attached hydrogens (tertiary/aromatic N) is 3. The van der Waals surface area contributed by atoms with Crippen molar-refractivity contribution in [3.8, 4) is 0 Å². The van der Waals surface area contributed by atoms with E-state index in [2.05, 4.69) is 14.8 Å². The third-order valence-corrected chi connectivity index (χ3v) is 3.48. The summed E-state index contributed by atoms with van der Waals surface area (Å²) in [6.07, 6.45) is 7.89. The molecule has 6 nitrogen and oxygen atoms in total. The van der Waals surface area contributed by atoms with Crippen molar-refractivity contribution in [1.29, 1.82) is 0 Å². The third kappa shape index (κ3) is 2.95. The van der Waals surface area contributed by atoms with Gasteiger partial charge in [-0.3, -0.25) is 0 Å². The molecule has 1 fully saturated rings. The van der Waals surface area contributed by atoms with Crippen LogP contribution in [0.25, 0.3) is 17.1 Å². The Bertz CT molecular complexity index is 672. The topological polar surface area (TPSA) is 66.2 Å². The van der Waals surface area contributed by atoms with E-state index in [-0.39, 0.29) is 6.23 Å². The van der Waals surface area contributed by atoms with Crippen LogP contribution in [0.4, 0.5) is 0 Å². The summed E-state index contributed by atoms with van der Waals surface area (Å²) in [5.74, 6) is -0.402. The van der Waals surface area contributed by atoms with Crippen LogP contribution in [0.15, 0.2) is 24.4 Å². The first-order valence-corrected chi connectivity index (χ1v) is 7.00. The first kappa shape index (κ1) is 13.8. The zero-order valence-electron chi connectivity index (χ0n) is 11.9. The van der Waals surface area contributed by atoms with Gasteiger partial charge in [-0.25, -0.2) is 14.5 Å². The largest absolute Gasteiger partial charge is 0.466 e. The molecule has 0 aliphatic carbocycles. The molecule has 3 rings (SSSR count). The first-order valence-electron chi connectivity index (χ1n) is 7.00. The summed E-state index contributed by atoms with van der Waals surface area (Å²) < 4.78 is 12.1. The SMILES string of the molecule is COC(=O)/C=C/c1ccc2cnn(C3CCCCO3)c2n1. The molecule has 0 N–H and O–H groups in total. The van der Waals surface area contributed by atoms with E-state index in [1.807, 2.05) is 16.8 Å². The Morgan fingerprint density at radius 3 is 3.14 bits per heavy atom. The third-order valence-electron chi connectivity index (χ3n) is 3.48. The normalized spacial score (nSPS) is 19.2. The molecule has 0 saturated carbocycles. The molecule has 6 heteroatoms. The van der Waals surface area contributed by atoms with Gasteiger partial charge in [-0.2, -0.15) is 5.10 Å². The van der Waals surface area contributed by atoms with Crippen molar-refractivity contribution in [2.45, 2.75) is 25.5 Å². The van der Waals surface area contributed by atoms with E-state index in [0.717, 1.165) is 36.9 Å². The zero-order valence-corrected chi connectivity index (χ0v) is 11.9. The predicted molar refractivity (Wildman–Crippen MR) is 77.4 cm³/mol. The average Bonchev–Trinajstić information content (AvgIpc) is 2.96. The molecule has 1 atom stereocenters. The van der Waals surface area contributed by atoms with E-state index >= 15 is 0 Å². The van der Waals surface area contributed by atoms with E-state index in [4.69, 9.17) is 4.74 Å². The Hall–Kier alpha value is -2.21. The van der Waals surface area contributed by atoms with Gasteiger partial charge in [0.2, 0.25) is 0 Å². The van der Waals surface area contributed by atoms with Gasteiger partial charge in [0.1, 0.15) is 0 Å². The molecule has 1 aliphatic rings. The van der Waals surface area contributed by atoms with Gasteiger partial charge >= 0.3 is 5.97 Å². The van der Waals surface area contributed by atoms with Crippen molar-refractivity contribution in [3.05, 3.63) is 30.1 Å². The predicted octanol–water partition coefficient (Wildman–Crippen LogP) is 2.32. The molecular formula is C15H17N3O3. The van der Waals surface area contributed by atoms with Gasteiger partial charge in [0.15, 0.2) is 11.9 Å². The highest BCUT2D eigenvalue weighted by molar-refractivity contribution is 5.87. The first-order chi connectivity index (χ1) is 10.3. The molecule has 1 aliphatic heterocycles. The number of ether oxygens (including phenoxy) is 2. The number of methoxy groups -OCH3 is 1. The fourth-order valence-corrected chi connectivity index (χ4v) is 2.38. The Kier molecular flexibility index (Phi) is 3.96. The summed E-state index contributed by atoms with van der Waals surface area (Å²) in [7, 11) is 1.35. The molecule has 21 heavy (non-hydrogen) atoms. The highest BCUT2D eigenvalue weighted by atomic mass is 16.5. The molecule has 0 amide bonds. The Labute approximate surface area is 122 Å². The molecule has 110 valence electrons. The molecule has 2 aromatic heterocycles. The van der Waals surface area contributed by atoms with E-state index in [0.29, 0.717) is 5.69 Å². The van der Waals surface area contributed by atoms with Crippen molar-refractivity contribution in [2.75, 3.05) is 13.7 Å². The molecule has 0 spiro atoms. The standard InChI is InChI=1S/C15H17N3O3/c1-20-14(19)8-7-12-6-5-11-10-16-18(15(11)17-12)13-4-2-3-9-21-13/h5-8,10,13H,2-4,9H2,1H3/b8-7+. The number of carbonyl (C=O) groups excluding carboxylic acids is 1. The van der Waals surface area contributed by atoms with Crippen molar-refractivity contribution in [2.24, 2.45) is 0 Å². The lowest BCUT2D eigenvalue weighted by Crippen LogP contribution is -2.19. The Balaban J connectivity index is 1.92. The number of aromatic nitrogens is 3. The summed E-state index contributed by atoms with van der Waals surface area (Å²) >= 11 is 0. The van der Waals surface area contributed by atoms with E-state index < -0.39 is 5.97 Å². The maximum atomic E-state index is 11.1. The fourth-order valence-electron chi connectivity index (χ4n) is 2.38. The van der Waals surface area contributed by atoms with Crippen LogP contribution in [-0.4, -0.2) is 34.5 Å². The van der Waals surface area contributed by atoms with E-state index in [9.17, 15) is 4.79 Å². The number of hydrogen-bond acceptors (Lipinski definition) is 5. The number of esters is 1. The number of rotatable bonds is 3. The number of pyridine rings is 1. The van der Waals surface area contributed by atoms with E-state index in [1.54, 1.807) is 12.3 Å². The van der Waals surface area contributed by atoms with Crippen LogP contribution in [0.3, 0.4) is 0 Å². The summed E-state index contributed by atoms with van der Waals surface area (Å²) in [6.45, 7) is 0.758. The molecule has 0 bridgehead atoms. The summed E-state index contributed by atoms with van der Waals surface area (Å²) in [5.41, 5.74) is 1.46. The minimum absolute atomic E-state index is 0.0522. The minimum atomic E-state index is -0.402. The van der Waals surface area contributed by atoms with Gasteiger partial charge in [0.05, 0.1) is 19.0 Å². The monoisotopic (exact) mass is 287 g/mol. The molecule has 1 unspecified atom stereocenters. The second-order valence-corrected chi connectivity index (χ2v) is 4.92. The van der Waals surface area contributed by atoms with Crippen molar-refractivity contribution in [3.63, 3.8) is 0 Å². The maximum absolute atomic E-state index is 11.1. The van der Waals surface area contributed by atoms with Crippen LogP contribution in [0.2, 0.25) is 0 Å². The van der Waals surface area contributed by atoms with Gasteiger partial charge in [-0.05, 0) is 37.5 Å². The molecular weight excluding hydrogens is 270 g/mol. The van der Waals surface area contributed by atoms with Gasteiger partial charge in [0, 0.05) is 18.1 Å². The summed E-state index contributed by atoms with van der Waals surface area (Å²) in [4.78, 5) is 15.7. The van der Waals surface area contributed by atoms with Gasteiger partial charge in [0.25, 0.3) is 0 Å².